The average Bonchev–Trinajstić information content (AvgIpc) is 3.58. The Balaban J connectivity index is 1.40. The SMILES string of the molecule is Cc1cc([C@H]2[C@@H](c3ccccn3)NC(=S)N2c2ccc(N3CCOCC3)cc2)c(C)n1C1CC1. The van der Waals surface area contributed by atoms with Crippen molar-refractivity contribution in [2.24, 2.45) is 0 Å². The molecule has 0 bridgehead atoms. The number of nitrogens with zero attached hydrogens (tertiary/aromatic N) is 4. The van der Waals surface area contributed by atoms with Crippen LogP contribution in [0, 0.1) is 13.8 Å². The van der Waals surface area contributed by atoms with Gasteiger partial charge in [-0.15, -0.1) is 0 Å². The minimum atomic E-state index is -0.0132. The standard InChI is InChI=1S/C27H31N5OS/c1-18-17-23(19(2)31(18)21-10-11-21)26-25(24-5-3-4-12-28-24)29-27(34)32(26)22-8-6-20(7-9-22)30-13-15-33-16-14-30/h3-9,12,17,21,25-26H,10-11,13-16H2,1-2H3,(H,29,34)/t25-,26+/m1/s1. The number of anilines is 2. The molecule has 2 aliphatic heterocycles. The third kappa shape index (κ3) is 3.77. The van der Waals surface area contributed by atoms with Gasteiger partial charge in [0.05, 0.1) is 31.0 Å². The second-order valence-corrected chi connectivity index (χ2v) is 9.93. The van der Waals surface area contributed by atoms with E-state index in [0.717, 1.165) is 42.8 Å². The summed E-state index contributed by atoms with van der Waals surface area (Å²) in [5.74, 6) is 0. The average molecular weight is 474 g/mol. The lowest BCUT2D eigenvalue weighted by Crippen LogP contribution is -2.36. The maximum atomic E-state index is 5.93. The van der Waals surface area contributed by atoms with Crippen LogP contribution >= 0.6 is 12.2 Å². The molecule has 2 aromatic heterocycles. The summed E-state index contributed by atoms with van der Waals surface area (Å²) >= 11 is 5.93. The molecule has 6 rings (SSSR count). The van der Waals surface area contributed by atoms with Gasteiger partial charge >= 0.3 is 0 Å². The van der Waals surface area contributed by atoms with Crippen molar-refractivity contribution in [2.45, 2.75) is 44.8 Å². The summed E-state index contributed by atoms with van der Waals surface area (Å²) in [6.45, 7) is 7.92. The lowest BCUT2D eigenvalue weighted by molar-refractivity contribution is 0.122. The van der Waals surface area contributed by atoms with Gasteiger partial charge in [0.15, 0.2) is 5.11 Å². The molecule has 0 radical (unpaired) electrons. The largest absolute Gasteiger partial charge is 0.378 e. The molecule has 0 unspecified atom stereocenters. The summed E-state index contributed by atoms with van der Waals surface area (Å²) in [5, 5.41) is 4.35. The topological polar surface area (TPSA) is 45.6 Å². The number of ether oxygens (including phenoxy) is 1. The van der Waals surface area contributed by atoms with Crippen LogP contribution in [-0.4, -0.2) is 41.0 Å². The zero-order valence-corrected chi connectivity index (χ0v) is 20.6. The van der Waals surface area contributed by atoms with Crippen molar-refractivity contribution in [3.63, 3.8) is 0 Å². The number of benzene rings is 1. The summed E-state index contributed by atoms with van der Waals surface area (Å²) in [6.07, 6.45) is 4.41. The number of pyridine rings is 1. The normalized spacial score (nSPS) is 22.8. The Labute approximate surface area is 206 Å². The van der Waals surface area contributed by atoms with Gasteiger partial charge in [-0.1, -0.05) is 6.07 Å². The molecule has 7 heteroatoms. The number of rotatable bonds is 5. The highest BCUT2D eigenvalue weighted by Crippen LogP contribution is 2.46. The van der Waals surface area contributed by atoms with Crippen LogP contribution in [0.1, 0.15) is 53.6 Å². The van der Waals surface area contributed by atoms with E-state index in [1.165, 1.54) is 35.5 Å². The number of nitrogens with one attached hydrogen (secondary N) is 1. The van der Waals surface area contributed by atoms with Crippen molar-refractivity contribution < 1.29 is 4.74 Å². The predicted molar refractivity (Wildman–Crippen MR) is 140 cm³/mol. The van der Waals surface area contributed by atoms with E-state index >= 15 is 0 Å². The smallest absolute Gasteiger partial charge is 0.174 e. The Hall–Kier alpha value is -2.90. The van der Waals surface area contributed by atoms with Crippen molar-refractivity contribution in [1.82, 2.24) is 14.9 Å². The molecule has 3 aliphatic rings. The molecule has 3 fully saturated rings. The van der Waals surface area contributed by atoms with Crippen LogP contribution in [0.4, 0.5) is 11.4 Å². The van der Waals surface area contributed by atoms with Gasteiger partial charge in [-0.05, 0) is 86.9 Å². The van der Waals surface area contributed by atoms with Crippen molar-refractivity contribution >= 4 is 28.7 Å². The highest BCUT2D eigenvalue weighted by molar-refractivity contribution is 7.80. The Morgan fingerprint density at radius 2 is 1.74 bits per heavy atom. The molecule has 1 N–H and O–H groups in total. The van der Waals surface area contributed by atoms with Crippen LogP contribution in [0.3, 0.4) is 0 Å². The van der Waals surface area contributed by atoms with Crippen molar-refractivity contribution in [3.8, 4) is 0 Å². The third-order valence-corrected chi connectivity index (χ3v) is 7.67. The van der Waals surface area contributed by atoms with Crippen LogP contribution in [0.25, 0.3) is 0 Å². The first-order valence-electron chi connectivity index (χ1n) is 12.2. The van der Waals surface area contributed by atoms with E-state index in [1.807, 2.05) is 12.3 Å². The fourth-order valence-corrected chi connectivity index (χ4v) is 5.94. The number of aromatic nitrogens is 2. The first-order valence-corrected chi connectivity index (χ1v) is 12.6. The van der Waals surface area contributed by atoms with Crippen LogP contribution in [0.2, 0.25) is 0 Å². The van der Waals surface area contributed by atoms with E-state index in [0.29, 0.717) is 6.04 Å². The molecular formula is C27H31N5OS. The van der Waals surface area contributed by atoms with Crippen LogP contribution < -0.4 is 15.1 Å². The van der Waals surface area contributed by atoms with Crippen molar-refractivity contribution in [1.29, 1.82) is 0 Å². The summed E-state index contributed by atoms with van der Waals surface area (Å²) in [7, 11) is 0. The van der Waals surface area contributed by atoms with Crippen molar-refractivity contribution in [3.05, 3.63) is 77.4 Å². The summed E-state index contributed by atoms with van der Waals surface area (Å²) < 4.78 is 8.04. The lowest BCUT2D eigenvalue weighted by atomic mass is 9.96. The number of thiocarbonyl (C=S) groups is 1. The molecular weight excluding hydrogens is 442 g/mol. The van der Waals surface area contributed by atoms with Gasteiger partial charge in [-0.2, -0.15) is 0 Å². The van der Waals surface area contributed by atoms with Gasteiger partial charge < -0.3 is 24.4 Å². The quantitative estimate of drug-likeness (QED) is 0.535. The zero-order valence-electron chi connectivity index (χ0n) is 19.8. The maximum Gasteiger partial charge on any atom is 0.174 e. The fraction of sp³-hybridized carbons (Fsp3) is 0.407. The zero-order chi connectivity index (χ0) is 23.2. The van der Waals surface area contributed by atoms with E-state index < -0.39 is 0 Å². The number of hydrogen-bond donors (Lipinski definition) is 1. The van der Waals surface area contributed by atoms with Gasteiger partial charge in [-0.3, -0.25) is 4.98 Å². The van der Waals surface area contributed by atoms with Gasteiger partial charge in [0, 0.05) is 48.1 Å². The number of aryl methyl sites for hydroxylation is 1. The van der Waals surface area contributed by atoms with Crippen molar-refractivity contribution in [2.75, 3.05) is 36.1 Å². The molecule has 2 atom stereocenters. The van der Waals surface area contributed by atoms with Crippen LogP contribution in [0.5, 0.6) is 0 Å². The highest BCUT2D eigenvalue weighted by atomic mass is 32.1. The Morgan fingerprint density at radius 1 is 1.00 bits per heavy atom. The number of hydrogen-bond acceptors (Lipinski definition) is 4. The molecule has 176 valence electrons. The van der Waals surface area contributed by atoms with E-state index in [9.17, 15) is 0 Å². The Kier molecular flexibility index (Phi) is 5.54. The molecule has 3 aromatic rings. The number of morpholine rings is 1. The van der Waals surface area contributed by atoms with Gasteiger partial charge in [0.25, 0.3) is 0 Å². The highest BCUT2D eigenvalue weighted by Gasteiger charge is 2.43. The van der Waals surface area contributed by atoms with Gasteiger partial charge in [0.1, 0.15) is 0 Å². The summed E-state index contributed by atoms with van der Waals surface area (Å²) in [5.41, 5.74) is 7.34. The van der Waals surface area contributed by atoms with Gasteiger partial charge in [-0.25, -0.2) is 0 Å². The monoisotopic (exact) mass is 473 g/mol. The van der Waals surface area contributed by atoms with E-state index in [-0.39, 0.29) is 12.1 Å². The van der Waals surface area contributed by atoms with E-state index in [2.05, 4.69) is 76.0 Å². The Bertz CT molecular complexity index is 1180. The van der Waals surface area contributed by atoms with Crippen LogP contribution in [-0.2, 0) is 4.74 Å². The second kappa shape index (κ2) is 8.71. The molecule has 0 spiro atoms. The first-order chi connectivity index (χ1) is 16.6. The minimum Gasteiger partial charge on any atom is -0.378 e. The third-order valence-electron chi connectivity index (χ3n) is 7.36. The van der Waals surface area contributed by atoms with Gasteiger partial charge in [0.2, 0.25) is 0 Å². The molecule has 1 aliphatic carbocycles. The molecule has 1 saturated carbocycles. The molecule has 2 saturated heterocycles. The second-order valence-electron chi connectivity index (χ2n) is 9.54. The minimum absolute atomic E-state index is 0.0132. The lowest BCUT2D eigenvalue weighted by Gasteiger charge is -2.31. The molecule has 4 heterocycles. The fourth-order valence-electron chi connectivity index (χ4n) is 5.59. The molecule has 34 heavy (non-hydrogen) atoms. The maximum absolute atomic E-state index is 5.93. The van der Waals surface area contributed by atoms with E-state index in [4.69, 9.17) is 21.9 Å². The molecule has 1 aromatic carbocycles. The molecule has 0 amide bonds. The Morgan fingerprint density at radius 3 is 2.41 bits per heavy atom. The van der Waals surface area contributed by atoms with E-state index in [1.54, 1.807) is 0 Å². The molecule has 6 nitrogen and oxygen atoms in total. The summed E-state index contributed by atoms with van der Waals surface area (Å²) in [6, 6.07) is 18.0. The predicted octanol–water partition coefficient (Wildman–Crippen LogP) is 4.85. The first kappa shape index (κ1) is 21.6. The van der Waals surface area contributed by atoms with Crippen LogP contribution in [0.15, 0.2) is 54.7 Å². The summed E-state index contributed by atoms with van der Waals surface area (Å²) in [4.78, 5) is 9.38.